The Morgan fingerprint density at radius 1 is 0.685 bits per heavy atom. The maximum absolute atomic E-state index is 12.6. The van der Waals surface area contributed by atoms with Crippen LogP contribution in [-0.2, 0) is 38.0 Å². The second-order valence-electron chi connectivity index (χ2n) is 18.7. The molecule has 13 heteroatoms. The van der Waals surface area contributed by atoms with Crippen molar-refractivity contribution in [2.24, 2.45) is 34.5 Å². The molecule has 4 aliphatic carbocycles. The lowest BCUT2D eigenvalue weighted by Gasteiger charge is -2.64. The summed E-state index contributed by atoms with van der Waals surface area (Å²) < 4.78 is 42.2. The molecular formula is C41H64O13. The van der Waals surface area contributed by atoms with Crippen molar-refractivity contribution in [2.75, 3.05) is 6.61 Å². The van der Waals surface area contributed by atoms with E-state index in [9.17, 15) is 30.3 Å². The molecule has 4 aliphatic heterocycles. The van der Waals surface area contributed by atoms with Crippen molar-refractivity contribution in [1.82, 2.24) is 0 Å². The fraction of sp³-hybridized carbons (Fsp3) is 0.927. The quantitative estimate of drug-likeness (QED) is 0.188. The first kappa shape index (κ1) is 39.6. The summed E-state index contributed by atoms with van der Waals surface area (Å²) >= 11 is 0. The molecule has 0 aromatic carbocycles. The molecule has 8 aliphatic rings. The van der Waals surface area contributed by atoms with E-state index in [0.29, 0.717) is 18.4 Å². The van der Waals surface area contributed by atoms with E-state index in [4.69, 9.17) is 33.2 Å². The Hall–Kier alpha value is -1.23. The van der Waals surface area contributed by atoms with Crippen LogP contribution >= 0.6 is 0 Å². The number of aliphatic hydroxyl groups is 5. The average Bonchev–Trinajstić information content (AvgIpc) is 3.66. The van der Waals surface area contributed by atoms with Crippen LogP contribution in [0.2, 0.25) is 0 Å². The Morgan fingerprint density at radius 3 is 1.89 bits per heavy atom. The number of fused-ring (bicyclic) bond motifs is 5. The predicted molar refractivity (Wildman–Crippen MR) is 191 cm³/mol. The van der Waals surface area contributed by atoms with Crippen LogP contribution in [0.3, 0.4) is 0 Å². The van der Waals surface area contributed by atoms with Gasteiger partial charge in [-0.2, -0.15) is 0 Å². The van der Waals surface area contributed by atoms with Crippen LogP contribution in [0.4, 0.5) is 0 Å². The summed E-state index contributed by atoms with van der Waals surface area (Å²) in [7, 11) is 0. The highest BCUT2D eigenvalue weighted by Gasteiger charge is 2.68. The van der Waals surface area contributed by atoms with Gasteiger partial charge >= 0.3 is 5.97 Å². The molecule has 54 heavy (non-hydrogen) atoms. The van der Waals surface area contributed by atoms with Gasteiger partial charge in [-0.3, -0.25) is 0 Å². The van der Waals surface area contributed by atoms with E-state index in [1.54, 1.807) is 19.9 Å². The molecule has 5 N–H and O–H groups in total. The first-order valence-electron chi connectivity index (χ1n) is 20.8. The van der Waals surface area contributed by atoms with Gasteiger partial charge in [-0.05, 0) is 113 Å². The third-order valence-electron chi connectivity index (χ3n) is 15.9. The van der Waals surface area contributed by atoms with E-state index in [-0.39, 0.29) is 54.0 Å². The molecule has 13 nitrogen and oxygen atoms in total. The molecule has 0 spiro atoms. The fourth-order valence-electron chi connectivity index (χ4n) is 12.8. The van der Waals surface area contributed by atoms with Crippen LogP contribution in [0, 0.1) is 34.5 Å². The Balaban J connectivity index is 0.826. The lowest BCUT2D eigenvalue weighted by Crippen LogP contribution is -2.62. The lowest BCUT2D eigenvalue weighted by molar-refractivity contribution is -0.336. The molecule has 0 bridgehead atoms. The van der Waals surface area contributed by atoms with Gasteiger partial charge < -0.3 is 58.7 Å². The first-order valence-corrected chi connectivity index (χ1v) is 20.8. The van der Waals surface area contributed by atoms with Gasteiger partial charge in [0.05, 0.1) is 48.3 Å². The molecule has 306 valence electrons. The van der Waals surface area contributed by atoms with Crippen molar-refractivity contribution in [3.8, 4) is 0 Å². The second-order valence-corrected chi connectivity index (χ2v) is 18.7. The van der Waals surface area contributed by atoms with Crippen molar-refractivity contribution in [3.05, 3.63) is 11.6 Å². The molecule has 0 aromatic heterocycles. The molecule has 7 fully saturated rings. The van der Waals surface area contributed by atoms with Gasteiger partial charge in [0.2, 0.25) is 0 Å². The maximum Gasteiger partial charge on any atom is 0.331 e. The number of esters is 1. The van der Waals surface area contributed by atoms with Gasteiger partial charge in [0.15, 0.2) is 18.9 Å². The molecule has 0 aromatic rings. The standard InChI is InChI=1S/C41H64O13/c1-20-36(46)29(42)16-34(49-20)53-38-22(3)51-35(18-31(38)44)54-37-21(2)50-33(17-30(37)43)52-25-8-11-39(4)24(15-25)6-7-28-27(39)9-12-40(5)26(10-13-41(28,40)47)23-14-32(45)48-19-23/h14,20-22,24-31,33-38,42-44,46-47H,6-13,15-19H2,1-5H3/t20-,21+,22+,24+,25-,26+,27?,28?,29+,30-,31-,33-,34+,35-,36-,37+,38+,39-,40+,41-/m0/s1. The van der Waals surface area contributed by atoms with Crippen molar-refractivity contribution in [2.45, 2.75) is 197 Å². The van der Waals surface area contributed by atoms with E-state index >= 15 is 0 Å². The number of hydrogen-bond acceptors (Lipinski definition) is 13. The summed E-state index contributed by atoms with van der Waals surface area (Å²) in [5, 5.41) is 55.0. The Bertz CT molecular complexity index is 1370. The minimum absolute atomic E-state index is 0.0243. The number of aliphatic hydroxyl groups excluding tert-OH is 4. The molecule has 3 saturated heterocycles. The summed E-state index contributed by atoms with van der Waals surface area (Å²) in [6.45, 7) is 10.4. The summed E-state index contributed by atoms with van der Waals surface area (Å²) in [5.74, 6) is 1.13. The van der Waals surface area contributed by atoms with Crippen molar-refractivity contribution in [1.29, 1.82) is 0 Å². The summed E-state index contributed by atoms with van der Waals surface area (Å²) in [6.07, 6.45) is 1.90. The van der Waals surface area contributed by atoms with E-state index in [0.717, 1.165) is 63.4 Å². The highest BCUT2D eigenvalue weighted by molar-refractivity contribution is 5.85. The minimum Gasteiger partial charge on any atom is -0.458 e. The Morgan fingerprint density at radius 2 is 1.30 bits per heavy atom. The zero-order chi connectivity index (χ0) is 38.3. The molecule has 4 heterocycles. The predicted octanol–water partition coefficient (Wildman–Crippen LogP) is 3.25. The molecule has 0 radical (unpaired) electrons. The zero-order valence-electron chi connectivity index (χ0n) is 32.6. The van der Waals surface area contributed by atoms with Crippen molar-refractivity contribution >= 4 is 5.97 Å². The second kappa shape index (κ2) is 14.9. The molecule has 8 rings (SSSR count). The van der Waals surface area contributed by atoms with E-state index in [2.05, 4.69) is 13.8 Å². The topological polar surface area (TPSA) is 183 Å². The summed E-state index contributed by atoms with van der Waals surface area (Å²) in [5.41, 5.74) is 0.215. The number of ether oxygens (including phenoxy) is 7. The van der Waals surface area contributed by atoms with E-state index in [1.807, 2.05) is 6.92 Å². The number of hydrogen-bond donors (Lipinski definition) is 5. The van der Waals surface area contributed by atoms with Gasteiger partial charge in [0.1, 0.15) is 24.9 Å². The van der Waals surface area contributed by atoms with Crippen molar-refractivity contribution < 1.29 is 63.5 Å². The fourth-order valence-corrected chi connectivity index (χ4v) is 12.8. The third-order valence-corrected chi connectivity index (χ3v) is 15.9. The van der Waals surface area contributed by atoms with Gasteiger partial charge in [-0.1, -0.05) is 13.8 Å². The number of rotatable bonds is 7. The highest BCUT2D eigenvalue weighted by Crippen LogP contribution is 2.70. The Labute approximate surface area is 319 Å². The molecule has 2 unspecified atom stereocenters. The van der Waals surface area contributed by atoms with Gasteiger partial charge in [-0.25, -0.2) is 4.79 Å². The van der Waals surface area contributed by atoms with Crippen molar-refractivity contribution in [3.63, 3.8) is 0 Å². The van der Waals surface area contributed by atoms with E-state index < -0.39 is 79.4 Å². The van der Waals surface area contributed by atoms with Crippen LogP contribution in [-0.4, -0.2) is 124 Å². The molecule has 4 saturated carbocycles. The maximum atomic E-state index is 12.6. The normalized spacial score (nSPS) is 55.0. The molecule has 20 atom stereocenters. The molecule has 0 amide bonds. The Kier molecular flexibility index (Phi) is 10.9. The summed E-state index contributed by atoms with van der Waals surface area (Å²) in [4.78, 5) is 11.9. The number of carbonyl (C=O) groups is 1. The first-order chi connectivity index (χ1) is 25.6. The average molecular weight is 765 g/mol. The van der Waals surface area contributed by atoms with Gasteiger partial charge in [0, 0.05) is 30.8 Å². The van der Waals surface area contributed by atoms with Crippen LogP contribution in [0.15, 0.2) is 11.6 Å². The number of carbonyl (C=O) groups excluding carboxylic acids is 1. The summed E-state index contributed by atoms with van der Waals surface area (Å²) in [6, 6.07) is 0. The largest absolute Gasteiger partial charge is 0.458 e. The highest BCUT2D eigenvalue weighted by atomic mass is 16.7. The zero-order valence-corrected chi connectivity index (χ0v) is 32.6. The monoisotopic (exact) mass is 764 g/mol. The van der Waals surface area contributed by atoms with Gasteiger partial charge in [-0.15, -0.1) is 0 Å². The smallest absolute Gasteiger partial charge is 0.331 e. The van der Waals surface area contributed by atoms with Crippen LogP contribution < -0.4 is 0 Å². The van der Waals surface area contributed by atoms with Crippen LogP contribution in [0.5, 0.6) is 0 Å². The van der Waals surface area contributed by atoms with Gasteiger partial charge in [0.25, 0.3) is 0 Å². The van der Waals surface area contributed by atoms with Crippen LogP contribution in [0.1, 0.15) is 112 Å². The lowest BCUT2D eigenvalue weighted by atomic mass is 9.43. The van der Waals surface area contributed by atoms with E-state index in [1.165, 1.54) is 0 Å². The SMILES string of the molecule is C[C@@H]1O[C@H](O[C@H]2[C@@H](O)C[C@H](O[C@H]3[C@@H](O)C[C@H](O[C@H]4CC[C@]5(C)C6CC[C@]7(C)[C@@H](C8=CC(=O)OC8)CC[C@]7(O)C6CC[C@@H]5C4)O[C@@H]3C)O[C@@H]2C)C[C@@H](O)[C@H]1O. The number of cyclic esters (lactones) is 1. The third kappa shape index (κ3) is 6.82. The molecular weight excluding hydrogens is 700 g/mol. The minimum atomic E-state index is -0.996. The van der Waals surface area contributed by atoms with Crippen LogP contribution in [0.25, 0.3) is 0 Å².